The van der Waals surface area contributed by atoms with Gasteiger partial charge < -0.3 is 20.2 Å². The number of benzene rings is 2. The first kappa shape index (κ1) is 23.8. The highest BCUT2D eigenvalue weighted by Gasteiger charge is 2.16. The van der Waals surface area contributed by atoms with Crippen LogP contribution < -0.4 is 10.2 Å². The highest BCUT2D eigenvalue weighted by atomic mass is 32.1. The Hall–Kier alpha value is -3.93. The smallest absolute Gasteiger partial charge is 0.335 e. The zero-order chi connectivity index (χ0) is 25.1. The Morgan fingerprint density at radius 3 is 2.53 bits per heavy atom. The van der Waals surface area contributed by atoms with E-state index in [0.717, 1.165) is 65.6 Å². The van der Waals surface area contributed by atoms with Gasteiger partial charge in [0.1, 0.15) is 11.8 Å². The minimum atomic E-state index is -0.963. The van der Waals surface area contributed by atoms with Crippen molar-refractivity contribution in [2.75, 3.05) is 42.9 Å². The van der Waals surface area contributed by atoms with E-state index >= 15 is 0 Å². The predicted octanol–water partition coefficient (Wildman–Crippen LogP) is 4.98. The molecule has 2 aromatic carbocycles. The van der Waals surface area contributed by atoms with Gasteiger partial charge in [-0.2, -0.15) is 0 Å². The molecule has 1 fully saturated rings. The molecule has 3 heterocycles. The molecule has 0 radical (unpaired) electrons. The summed E-state index contributed by atoms with van der Waals surface area (Å²) in [5, 5.41) is 14.7. The van der Waals surface area contributed by atoms with Crippen molar-refractivity contribution < 1.29 is 9.90 Å². The number of rotatable bonds is 5. The molecular formula is C28H27N5O2S. The van der Waals surface area contributed by atoms with Crippen LogP contribution in [0.2, 0.25) is 0 Å². The number of hydrogen-bond donors (Lipinski definition) is 2. The monoisotopic (exact) mass is 497 g/mol. The van der Waals surface area contributed by atoms with Gasteiger partial charge in [0.05, 0.1) is 15.8 Å². The van der Waals surface area contributed by atoms with Gasteiger partial charge in [0.15, 0.2) is 5.82 Å². The Morgan fingerprint density at radius 2 is 1.81 bits per heavy atom. The van der Waals surface area contributed by atoms with Crippen molar-refractivity contribution in [3.63, 3.8) is 0 Å². The third-order valence-corrected chi connectivity index (χ3v) is 7.46. The molecule has 0 bridgehead atoms. The highest BCUT2D eigenvalue weighted by Crippen LogP contribution is 2.31. The number of piperazine rings is 1. The van der Waals surface area contributed by atoms with Gasteiger partial charge in [0.2, 0.25) is 0 Å². The van der Waals surface area contributed by atoms with E-state index in [-0.39, 0.29) is 5.56 Å². The molecule has 2 aromatic heterocycles. The van der Waals surface area contributed by atoms with Crippen molar-refractivity contribution in [1.29, 1.82) is 0 Å². The Balaban J connectivity index is 1.35. The number of carbonyl (C=O) groups is 1. The average Bonchev–Trinajstić information content (AvgIpc) is 3.32. The zero-order valence-corrected chi connectivity index (χ0v) is 21.1. The van der Waals surface area contributed by atoms with Crippen LogP contribution in [0, 0.1) is 18.8 Å². The van der Waals surface area contributed by atoms with Crippen molar-refractivity contribution in [2.24, 2.45) is 0 Å². The summed E-state index contributed by atoms with van der Waals surface area (Å²) < 4.78 is 0.928. The number of thiophene rings is 1. The standard InChI is InChI=1S/C28H27N5O2S/c1-3-32-12-14-33(15-13-32)24-10-8-23(9-11-24)31-27-26-25(29-18-30-27)22(17-36-26)7-6-20-16-21(28(34)35)5-4-19(20)2/h4-5,8-11,16-18H,3,12-15H2,1-2H3,(H,34,35)(H,29,30,31). The number of nitrogens with zero attached hydrogens (tertiary/aromatic N) is 4. The minimum Gasteiger partial charge on any atom is -0.478 e. The summed E-state index contributed by atoms with van der Waals surface area (Å²) in [4.78, 5) is 25.1. The number of aromatic nitrogens is 2. The molecule has 0 aliphatic carbocycles. The van der Waals surface area contributed by atoms with Crippen LogP contribution in [0.4, 0.5) is 17.2 Å². The molecule has 0 amide bonds. The Kier molecular flexibility index (Phi) is 6.85. The van der Waals surface area contributed by atoms with Crippen molar-refractivity contribution in [1.82, 2.24) is 14.9 Å². The molecular weight excluding hydrogens is 470 g/mol. The molecule has 0 atom stereocenters. The third-order valence-electron chi connectivity index (χ3n) is 6.48. The maximum Gasteiger partial charge on any atom is 0.335 e. The maximum atomic E-state index is 11.3. The Morgan fingerprint density at radius 1 is 1.06 bits per heavy atom. The SMILES string of the molecule is CCN1CCN(c2ccc(Nc3ncnc4c(C#Cc5cc(C(=O)O)ccc5C)csc34)cc2)CC1. The Labute approximate surface area is 214 Å². The van der Waals surface area contributed by atoms with Gasteiger partial charge in [-0.15, -0.1) is 11.3 Å². The molecule has 1 saturated heterocycles. The van der Waals surface area contributed by atoms with E-state index in [2.05, 4.69) is 68.1 Å². The first-order valence-electron chi connectivity index (χ1n) is 11.9. The predicted molar refractivity (Wildman–Crippen MR) is 146 cm³/mol. The van der Waals surface area contributed by atoms with Gasteiger partial charge >= 0.3 is 5.97 Å². The molecule has 1 aliphatic rings. The molecule has 2 N–H and O–H groups in total. The minimum absolute atomic E-state index is 0.225. The summed E-state index contributed by atoms with van der Waals surface area (Å²) in [7, 11) is 0. The van der Waals surface area contributed by atoms with Gasteiger partial charge in [-0.3, -0.25) is 0 Å². The molecule has 36 heavy (non-hydrogen) atoms. The molecule has 4 aromatic rings. The number of fused-ring (bicyclic) bond motifs is 1. The quantitative estimate of drug-likeness (QED) is 0.376. The van der Waals surface area contributed by atoms with Crippen LogP contribution in [0.25, 0.3) is 10.2 Å². The summed E-state index contributed by atoms with van der Waals surface area (Å²) in [6.45, 7) is 9.54. The normalized spacial score (nSPS) is 13.9. The lowest BCUT2D eigenvalue weighted by molar-refractivity contribution is 0.0697. The topological polar surface area (TPSA) is 81.6 Å². The van der Waals surface area contributed by atoms with Gasteiger partial charge in [-0.05, 0) is 55.4 Å². The molecule has 5 rings (SSSR count). The molecule has 8 heteroatoms. The molecule has 0 unspecified atom stereocenters. The summed E-state index contributed by atoms with van der Waals surface area (Å²) in [5.74, 6) is 6.07. The fraction of sp³-hybridized carbons (Fsp3) is 0.250. The van der Waals surface area contributed by atoms with Crippen molar-refractivity contribution in [3.8, 4) is 11.8 Å². The zero-order valence-electron chi connectivity index (χ0n) is 20.3. The van der Waals surface area contributed by atoms with E-state index in [0.29, 0.717) is 5.56 Å². The number of aromatic carboxylic acids is 1. The summed E-state index contributed by atoms with van der Waals surface area (Å²) in [6, 6.07) is 13.5. The van der Waals surface area contributed by atoms with Crippen LogP contribution in [-0.2, 0) is 0 Å². The second kappa shape index (κ2) is 10.4. The van der Waals surface area contributed by atoms with Crippen LogP contribution in [0.1, 0.15) is 34.0 Å². The van der Waals surface area contributed by atoms with E-state index in [9.17, 15) is 9.90 Å². The first-order chi connectivity index (χ1) is 17.5. The fourth-order valence-corrected chi connectivity index (χ4v) is 5.16. The molecule has 182 valence electrons. The van der Waals surface area contributed by atoms with Crippen LogP contribution in [0.15, 0.2) is 54.2 Å². The number of likely N-dealkylation sites (N-methyl/N-ethyl adjacent to an activating group) is 1. The van der Waals surface area contributed by atoms with E-state index in [1.807, 2.05) is 12.3 Å². The first-order valence-corrected chi connectivity index (χ1v) is 12.8. The lowest BCUT2D eigenvalue weighted by Crippen LogP contribution is -2.46. The van der Waals surface area contributed by atoms with Crippen molar-refractivity contribution in [2.45, 2.75) is 13.8 Å². The number of hydrogen-bond acceptors (Lipinski definition) is 7. The maximum absolute atomic E-state index is 11.3. The van der Waals surface area contributed by atoms with Crippen molar-refractivity contribution >= 4 is 44.7 Å². The van der Waals surface area contributed by atoms with E-state index in [4.69, 9.17) is 0 Å². The molecule has 0 spiro atoms. The fourth-order valence-electron chi connectivity index (χ4n) is 4.27. The molecule has 7 nitrogen and oxygen atoms in total. The van der Waals surface area contributed by atoms with Crippen LogP contribution in [0.3, 0.4) is 0 Å². The number of anilines is 3. The van der Waals surface area contributed by atoms with E-state index < -0.39 is 5.97 Å². The van der Waals surface area contributed by atoms with Gasteiger partial charge in [-0.25, -0.2) is 14.8 Å². The lowest BCUT2D eigenvalue weighted by atomic mass is 10.1. The van der Waals surface area contributed by atoms with E-state index in [1.165, 1.54) is 17.0 Å². The molecule has 1 aliphatic heterocycles. The second-order valence-corrected chi connectivity index (χ2v) is 9.61. The summed E-state index contributed by atoms with van der Waals surface area (Å²) in [5.41, 5.74) is 5.62. The van der Waals surface area contributed by atoms with Crippen LogP contribution >= 0.6 is 11.3 Å². The lowest BCUT2D eigenvalue weighted by Gasteiger charge is -2.35. The van der Waals surface area contributed by atoms with Gasteiger partial charge in [0, 0.05) is 48.5 Å². The summed E-state index contributed by atoms with van der Waals surface area (Å²) in [6.07, 6.45) is 1.54. The summed E-state index contributed by atoms with van der Waals surface area (Å²) >= 11 is 1.54. The van der Waals surface area contributed by atoms with Crippen LogP contribution in [0.5, 0.6) is 0 Å². The number of carboxylic acid groups (broad SMARTS) is 1. The van der Waals surface area contributed by atoms with E-state index in [1.54, 1.807) is 24.5 Å². The third kappa shape index (κ3) is 5.03. The van der Waals surface area contributed by atoms with Gasteiger partial charge in [-0.1, -0.05) is 24.8 Å². The second-order valence-electron chi connectivity index (χ2n) is 8.73. The number of aryl methyl sites for hydroxylation is 1. The van der Waals surface area contributed by atoms with Gasteiger partial charge in [0.25, 0.3) is 0 Å². The average molecular weight is 498 g/mol. The molecule has 0 saturated carbocycles. The Bertz CT molecular complexity index is 1460. The van der Waals surface area contributed by atoms with Crippen LogP contribution in [-0.4, -0.2) is 58.7 Å². The number of carboxylic acids is 1. The largest absolute Gasteiger partial charge is 0.478 e. The van der Waals surface area contributed by atoms with Crippen molar-refractivity contribution in [3.05, 3.63) is 76.4 Å². The number of nitrogens with one attached hydrogen (secondary N) is 1. The highest BCUT2D eigenvalue weighted by molar-refractivity contribution is 7.18.